The van der Waals surface area contributed by atoms with E-state index in [9.17, 15) is 9.59 Å². The molecule has 36 heavy (non-hydrogen) atoms. The zero-order chi connectivity index (χ0) is 26.3. The normalized spacial score (nSPS) is 11.0. The third-order valence-corrected chi connectivity index (χ3v) is 6.66. The molecule has 1 rings (SSSR count). The Morgan fingerprint density at radius 3 is 1.75 bits per heavy atom. The molecule has 0 fully saturated rings. The number of hydrogen-bond acceptors (Lipinski definition) is 3. The fraction of sp³-hybridized carbons (Fsp3) is 0.742. The average Bonchev–Trinajstić information content (AvgIpc) is 2.88. The molecule has 0 aromatic heterocycles. The lowest BCUT2D eigenvalue weighted by atomic mass is 10.0. The van der Waals surface area contributed by atoms with Crippen LogP contribution in [0.1, 0.15) is 134 Å². The number of carbonyl (C=O) groups is 2. The number of nitrogens with zero attached hydrogens (tertiary/aromatic N) is 1. The molecular formula is C31H55N3O2. The lowest BCUT2D eigenvalue weighted by Crippen LogP contribution is -2.32. The molecule has 0 aliphatic heterocycles. The Kier molecular flexibility index (Phi) is 19.9. The van der Waals surface area contributed by atoms with E-state index in [1.165, 1.54) is 83.5 Å². The van der Waals surface area contributed by atoms with E-state index in [0.29, 0.717) is 17.8 Å². The van der Waals surface area contributed by atoms with Crippen molar-refractivity contribution in [2.75, 3.05) is 31.5 Å². The van der Waals surface area contributed by atoms with Crippen molar-refractivity contribution in [2.45, 2.75) is 124 Å². The minimum Gasteiger partial charge on any atom is -0.339 e. The molecule has 0 bridgehead atoms. The van der Waals surface area contributed by atoms with E-state index >= 15 is 0 Å². The van der Waals surface area contributed by atoms with Crippen molar-refractivity contribution < 1.29 is 9.59 Å². The van der Waals surface area contributed by atoms with Crippen molar-refractivity contribution in [1.82, 2.24) is 10.2 Å². The third-order valence-electron chi connectivity index (χ3n) is 6.66. The molecule has 0 unspecified atom stereocenters. The largest absolute Gasteiger partial charge is 0.339 e. The summed E-state index contributed by atoms with van der Waals surface area (Å²) >= 11 is 0. The van der Waals surface area contributed by atoms with Gasteiger partial charge >= 0.3 is 0 Å². The summed E-state index contributed by atoms with van der Waals surface area (Å²) in [7, 11) is 0. The van der Waals surface area contributed by atoms with Gasteiger partial charge in [0.05, 0.1) is 6.54 Å². The van der Waals surface area contributed by atoms with Crippen molar-refractivity contribution in [2.24, 2.45) is 0 Å². The van der Waals surface area contributed by atoms with Gasteiger partial charge < -0.3 is 15.5 Å². The Balaban J connectivity index is 2.08. The number of hydrogen-bond donors (Lipinski definition) is 2. The van der Waals surface area contributed by atoms with Crippen LogP contribution in [0.15, 0.2) is 24.3 Å². The highest BCUT2D eigenvalue weighted by Gasteiger charge is 2.15. The second-order valence-corrected chi connectivity index (χ2v) is 10.2. The number of rotatable bonds is 23. The molecule has 0 spiro atoms. The summed E-state index contributed by atoms with van der Waals surface area (Å²) in [5, 5.41) is 6.17. The Bertz CT molecular complexity index is 686. The molecule has 206 valence electrons. The summed E-state index contributed by atoms with van der Waals surface area (Å²) in [6, 6.07) is 7.28. The van der Waals surface area contributed by atoms with Crippen LogP contribution in [0, 0.1) is 0 Å². The Hall–Kier alpha value is -1.88. The topological polar surface area (TPSA) is 61.4 Å². The van der Waals surface area contributed by atoms with Crippen molar-refractivity contribution in [3.05, 3.63) is 29.8 Å². The number of amides is 2. The molecule has 0 aliphatic carbocycles. The van der Waals surface area contributed by atoms with E-state index in [-0.39, 0.29) is 11.8 Å². The number of benzene rings is 1. The van der Waals surface area contributed by atoms with Crippen LogP contribution in [0.4, 0.5) is 5.69 Å². The maximum atomic E-state index is 12.8. The SMILES string of the molecule is CCCCCCCCCCCCCCCCNCC(=O)Nc1cccc(C(=O)N(CCC)CCC)c1. The van der Waals surface area contributed by atoms with Crippen LogP contribution in [0.3, 0.4) is 0 Å². The monoisotopic (exact) mass is 501 g/mol. The quantitative estimate of drug-likeness (QED) is 0.150. The molecule has 2 amide bonds. The summed E-state index contributed by atoms with van der Waals surface area (Å²) in [4.78, 5) is 27.0. The van der Waals surface area contributed by atoms with E-state index < -0.39 is 0 Å². The van der Waals surface area contributed by atoms with E-state index in [1.807, 2.05) is 23.1 Å². The number of carbonyl (C=O) groups excluding carboxylic acids is 2. The maximum Gasteiger partial charge on any atom is 0.253 e. The summed E-state index contributed by atoms with van der Waals surface area (Å²) in [6.07, 6.45) is 20.8. The van der Waals surface area contributed by atoms with Gasteiger partial charge in [0.2, 0.25) is 5.91 Å². The van der Waals surface area contributed by atoms with E-state index in [2.05, 4.69) is 31.4 Å². The van der Waals surface area contributed by atoms with E-state index in [0.717, 1.165) is 38.9 Å². The first-order chi connectivity index (χ1) is 17.6. The molecule has 0 aliphatic rings. The van der Waals surface area contributed by atoms with Gasteiger partial charge in [-0.1, -0.05) is 110 Å². The van der Waals surface area contributed by atoms with E-state index in [1.54, 1.807) is 6.07 Å². The molecule has 0 saturated heterocycles. The lowest BCUT2D eigenvalue weighted by Gasteiger charge is -2.21. The predicted octanol–water partition coefficient (Wildman–Crippen LogP) is 7.96. The lowest BCUT2D eigenvalue weighted by molar-refractivity contribution is -0.115. The zero-order valence-electron chi connectivity index (χ0n) is 23.7. The van der Waals surface area contributed by atoms with Gasteiger partial charge in [-0.2, -0.15) is 0 Å². The second-order valence-electron chi connectivity index (χ2n) is 10.2. The van der Waals surface area contributed by atoms with Crippen LogP contribution in [-0.4, -0.2) is 42.9 Å². The van der Waals surface area contributed by atoms with Crippen LogP contribution in [0.25, 0.3) is 0 Å². The van der Waals surface area contributed by atoms with Gasteiger partial charge in [0.15, 0.2) is 0 Å². The molecular weight excluding hydrogens is 446 g/mol. The van der Waals surface area contributed by atoms with Crippen molar-refractivity contribution in [3.63, 3.8) is 0 Å². The molecule has 0 heterocycles. The average molecular weight is 502 g/mol. The van der Waals surface area contributed by atoms with Crippen LogP contribution in [0.5, 0.6) is 0 Å². The molecule has 0 saturated carbocycles. The highest BCUT2D eigenvalue weighted by molar-refractivity contribution is 5.97. The standard InChI is InChI=1S/C31H55N3O2/c1-4-7-8-9-10-11-12-13-14-15-16-17-18-19-23-32-27-30(35)33-29-22-20-21-28(26-29)31(36)34(24-5-2)25-6-3/h20-22,26,32H,4-19,23-25,27H2,1-3H3,(H,33,35). The number of unbranched alkanes of at least 4 members (excludes halogenated alkanes) is 13. The van der Waals surface area contributed by atoms with Gasteiger partial charge in [0.25, 0.3) is 5.91 Å². The number of anilines is 1. The molecule has 1 aromatic carbocycles. The van der Waals surface area contributed by atoms with Crippen molar-refractivity contribution in [1.29, 1.82) is 0 Å². The summed E-state index contributed by atoms with van der Waals surface area (Å²) in [5.74, 6) is -0.0327. The second kappa shape index (κ2) is 22.3. The fourth-order valence-electron chi connectivity index (χ4n) is 4.62. The first-order valence-electron chi connectivity index (χ1n) is 15.0. The molecule has 5 nitrogen and oxygen atoms in total. The molecule has 5 heteroatoms. The predicted molar refractivity (Wildman–Crippen MR) is 155 cm³/mol. The Morgan fingerprint density at radius 2 is 1.22 bits per heavy atom. The Labute approximate surface area is 222 Å². The summed E-state index contributed by atoms with van der Waals surface area (Å²) in [6.45, 7) is 9.12. The van der Waals surface area contributed by atoms with Gasteiger partial charge in [-0.3, -0.25) is 9.59 Å². The minimum atomic E-state index is -0.0658. The first-order valence-corrected chi connectivity index (χ1v) is 15.0. The fourth-order valence-corrected chi connectivity index (χ4v) is 4.62. The van der Waals surface area contributed by atoms with Gasteiger partial charge in [-0.05, 0) is 44.0 Å². The van der Waals surface area contributed by atoms with Gasteiger partial charge in [-0.15, -0.1) is 0 Å². The molecule has 1 aromatic rings. The van der Waals surface area contributed by atoms with Crippen LogP contribution in [-0.2, 0) is 4.79 Å². The highest BCUT2D eigenvalue weighted by atomic mass is 16.2. The molecule has 2 N–H and O–H groups in total. The number of nitrogens with one attached hydrogen (secondary N) is 2. The van der Waals surface area contributed by atoms with Crippen LogP contribution < -0.4 is 10.6 Å². The maximum absolute atomic E-state index is 12.8. The van der Waals surface area contributed by atoms with Crippen molar-refractivity contribution >= 4 is 17.5 Å². The van der Waals surface area contributed by atoms with Gasteiger partial charge in [0, 0.05) is 24.3 Å². The third kappa shape index (κ3) is 16.0. The first kappa shape index (κ1) is 32.1. The van der Waals surface area contributed by atoms with Crippen molar-refractivity contribution in [3.8, 4) is 0 Å². The van der Waals surface area contributed by atoms with Crippen LogP contribution in [0.2, 0.25) is 0 Å². The summed E-state index contributed by atoms with van der Waals surface area (Å²) < 4.78 is 0. The van der Waals surface area contributed by atoms with Gasteiger partial charge in [0.1, 0.15) is 0 Å². The minimum absolute atomic E-state index is 0.0331. The van der Waals surface area contributed by atoms with Crippen LogP contribution >= 0.6 is 0 Å². The smallest absolute Gasteiger partial charge is 0.253 e. The van der Waals surface area contributed by atoms with E-state index in [4.69, 9.17) is 0 Å². The zero-order valence-corrected chi connectivity index (χ0v) is 23.7. The summed E-state index contributed by atoms with van der Waals surface area (Å²) in [5.41, 5.74) is 1.31. The molecule has 0 radical (unpaired) electrons. The molecule has 0 atom stereocenters. The Morgan fingerprint density at radius 1 is 0.694 bits per heavy atom. The highest BCUT2D eigenvalue weighted by Crippen LogP contribution is 2.14. The van der Waals surface area contributed by atoms with Gasteiger partial charge in [-0.25, -0.2) is 0 Å².